The molecule has 0 aliphatic rings. The lowest BCUT2D eigenvalue weighted by Crippen LogP contribution is -2.34. The highest BCUT2D eigenvalue weighted by atomic mass is 16.1. The zero-order chi connectivity index (χ0) is 21.2. The maximum absolute atomic E-state index is 12.4. The third kappa shape index (κ3) is 6.72. The van der Waals surface area contributed by atoms with Gasteiger partial charge in [-0.15, -0.1) is 0 Å². The first-order valence-corrected chi connectivity index (χ1v) is 10.6. The molecule has 0 saturated carbocycles. The number of hydrogen-bond acceptors (Lipinski definition) is 3. The highest BCUT2D eigenvalue weighted by Gasteiger charge is 2.15. The minimum Gasteiger partial charge on any atom is -0.351 e. The van der Waals surface area contributed by atoms with Crippen molar-refractivity contribution in [2.45, 2.75) is 51.5 Å². The number of nitrogens with zero attached hydrogens (tertiary/aromatic N) is 1. The quantitative estimate of drug-likeness (QED) is 0.418. The fourth-order valence-electron chi connectivity index (χ4n) is 3.26. The average molecular weight is 400 g/mol. The molecule has 0 saturated heterocycles. The van der Waals surface area contributed by atoms with Crippen LogP contribution in [0.3, 0.4) is 0 Å². The van der Waals surface area contributed by atoms with Crippen molar-refractivity contribution in [1.29, 1.82) is 0 Å². The number of imidazole rings is 1. The number of carbonyl (C=O) groups is 1. The Hall–Kier alpha value is -3.16. The molecule has 0 fully saturated rings. The zero-order valence-corrected chi connectivity index (χ0v) is 17.5. The Kier molecular flexibility index (Phi) is 8.00. The van der Waals surface area contributed by atoms with E-state index in [4.69, 9.17) is 5.73 Å². The highest BCUT2D eigenvalue weighted by molar-refractivity contribution is 5.86. The first-order valence-electron chi connectivity index (χ1n) is 10.6. The van der Waals surface area contributed by atoms with Crippen molar-refractivity contribution >= 4 is 5.78 Å². The van der Waals surface area contributed by atoms with E-state index in [1.165, 1.54) is 24.8 Å². The average Bonchev–Trinajstić information content (AvgIpc) is 3.27. The van der Waals surface area contributed by atoms with Crippen molar-refractivity contribution in [3.63, 3.8) is 0 Å². The molecule has 3 aromatic rings. The molecule has 1 atom stereocenters. The Morgan fingerprint density at radius 1 is 1.00 bits per heavy atom. The Morgan fingerprint density at radius 2 is 1.63 bits per heavy atom. The monoisotopic (exact) mass is 399 g/mol. The summed E-state index contributed by atoms with van der Waals surface area (Å²) in [6.07, 6.45) is 9.02. The van der Waals surface area contributed by atoms with Crippen LogP contribution in [0.2, 0.25) is 0 Å². The van der Waals surface area contributed by atoms with Gasteiger partial charge in [0.25, 0.3) is 0 Å². The predicted octanol–water partition coefficient (Wildman–Crippen LogP) is 4.22. The van der Waals surface area contributed by atoms with Gasteiger partial charge in [-0.2, -0.15) is 0 Å². The second-order valence-electron chi connectivity index (χ2n) is 7.62. The van der Waals surface area contributed by atoms with Crippen LogP contribution in [-0.2, 0) is 24.1 Å². The van der Waals surface area contributed by atoms with E-state index < -0.39 is 6.04 Å². The number of rotatable bonds is 9. The van der Waals surface area contributed by atoms with E-state index in [1.54, 1.807) is 12.5 Å². The Balaban J connectivity index is 1.52. The van der Waals surface area contributed by atoms with Gasteiger partial charge in [0.2, 0.25) is 0 Å². The van der Waals surface area contributed by atoms with Crippen LogP contribution in [0.4, 0.5) is 0 Å². The van der Waals surface area contributed by atoms with E-state index in [0.29, 0.717) is 12.8 Å². The molecule has 3 rings (SSSR count). The van der Waals surface area contributed by atoms with Crippen LogP contribution in [-0.4, -0.2) is 21.8 Å². The van der Waals surface area contributed by atoms with Gasteiger partial charge >= 0.3 is 0 Å². The molecule has 0 spiro atoms. The molecule has 0 radical (unpaired) electrons. The van der Waals surface area contributed by atoms with E-state index >= 15 is 0 Å². The minimum atomic E-state index is -0.544. The smallest absolute Gasteiger partial charge is 0.154 e. The van der Waals surface area contributed by atoms with Crippen molar-refractivity contribution in [3.8, 4) is 11.8 Å². The van der Waals surface area contributed by atoms with Gasteiger partial charge in [0.15, 0.2) is 5.78 Å². The van der Waals surface area contributed by atoms with Gasteiger partial charge in [0, 0.05) is 30.2 Å². The van der Waals surface area contributed by atoms with Crippen molar-refractivity contribution in [1.82, 2.24) is 9.97 Å². The van der Waals surface area contributed by atoms with Crippen LogP contribution in [0.5, 0.6) is 0 Å². The molecule has 1 heterocycles. The van der Waals surface area contributed by atoms with Crippen LogP contribution >= 0.6 is 0 Å². The summed E-state index contributed by atoms with van der Waals surface area (Å²) in [4.78, 5) is 19.4. The van der Waals surface area contributed by atoms with Crippen molar-refractivity contribution < 1.29 is 4.79 Å². The zero-order valence-electron chi connectivity index (χ0n) is 17.5. The number of hydrogen-bond donors (Lipinski definition) is 2. The summed E-state index contributed by atoms with van der Waals surface area (Å²) in [5.41, 5.74) is 11.1. The maximum Gasteiger partial charge on any atom is 0.154 e. The molecule has 4 heteroatoms. The number of ketones is 1. The summed E-state index contributed by atoms with van der Waals surface area (Å²) in [6, 6.07) is 15.8. The lowest BCUT2D eigenvalue weighted by Gasteiger charge is -2.09. The minimum absolute atomic E-state index is 0.0101. The number of aromatic amines is 1. The highest BCUT2D eigenvalue weighted by Crippen LogP contribution is 2.10. The number of unbranched alkanes of at least 4 members (excludes halogenated alkanes) is 2. The van der Waals surface area contributed by atoms with Crippen LogP contribution < -0.4 is 5.73 Å². The molecule has 154 valence electrons. The molecule has 4 nitrogen and oxygen atoms in total. The number of nitrogens with one attached hydrogen (secondary N) is 1. The SMILES string of the molecule is CCCCCc1ccc(C#Cc2ccc(CC(=O)C(N)Cc3c[nH]cn3)cc2)cc1. The molecule has 30 heavy (non-hydrogen) atoms. The normalized spacial score (nSPS) is 11.5. The molecule has 0 aliphatic carbocycles. The summed E-state index contributed by atoms with van der Waals surface area (Å²) in [5.74, 6) is 6.42. The third-order valence-electron chi connectivity index (χ3n) is 5.10. The fraction of sp³-hybridized carbons (Fsp3) is 0.308. The maximum atomic E-state index is 12.4. The Bertz CT molecular complexity index is 978. The number of nitrogens with two attached hydrogens (primary N) is 1. The summed E-state index contributed by atoms with van der Waals surface area (Å²) in [6.45, 7) is 2.22. The van der Waals surface area contributed by atoms with E-state index in [-0.39, 0.29) is 5.78 Å². The summed E-state index contributed by atoms with van der Waals surface area (Å²) >= 11 is 0. The van der Waals surface area contributed by atoms with Crippen LogP contribution in [0.25, 0.3) is 0 Å². The number of aryl methyl sites for hydroxylation is 1. The predicted molar refractivity (Wildman–Crippen MR) is 121 cm³/mol. The summed E-state index contributed by atoms with van der Waals surface area (Å²) < 4.78 is 0. The first kappa shape index (κ1) is 21.5. The molecule has 2 aromatic carbocycles. The molecule has 0 amide bonds. The first-order chi connectivity index (χ1) is 14.6. The van der Waals surface area contributed by atoms with Crippen LogP contribution in [0.15, 0.2) is 61.1 Å². The topological polar surface area (TPSA) is 71.8 Å². The van der Waals surface area contributed by atoms with Gasteiger partial charge in [-0.05, 0) is 48.2 Å². The van der Waals surface area contributed by atoms with Crippen LogP contribution in [0, 0.1) is 11.8 Å². The fourth-order valence-corrected chi connectivity index (χ4v) is 3.26. The number of Topliss-reactive ketones (excluding diaryl/α,β-unsaturated/α-hetero) is 1. The number of H-pyrrole nitrogens is 1. The van der Waals surface area contributed by atoms with Gasteiger partial charge < -0.3 is 10.7 Å². The molecular weight excluding hydrogens is 370 g/mol. The lowest BCUT2D eigenvalue weighted by molar-refractivity contribution is -0.119. The van der Waals surface area contributed by atoms with Gasteiger partial charge in [0.05, 0.1) is 18.1 Å². The molecule has 1 aromatic heterocycles. The molecular formula is C26H29N3O. The van der Waals surface area contributed by atoms with Gasteiger partial charge in [0.1, 0.15) is 0 Å². The summed E-state index contributed by atoms with van der Waals surface area (Å²) in [5, 5.41) is 0. The number of aromatic nitrogens is 2. The van der Waals surface area contributed by atoms with Gasteiger partial charge in [-0.25, -0.2) is 4.98 Å². The van der Waals surface area contributed by atoms with E-state index in [1.807, 2.05) is 24.3 Å². The molecule has 0 aliphatic heterocycles. The Labute approximate surface area is 178 Å². The second-order valence-corrected chi connectivity index (χ2v) is 7.62. The standard InChI is InChI=1S/C26H29N3O/c1-2-3-4-5-20-6-8-21(9-7-20)10-11-22-12-14-23(15-13-22)16-26(30)25(27)17-24-18-28-19-29-24/h6-9,12-15,18-19,25H,2-5,16-17,27H2,1H3,(H,28,29). The molecule has 1 unspecified atom stereocenters. The van der Waals surface area contributed by atoms with Gasteiger partial charge in [-0.3, -0.25) is 4.79 Å². The van der Waals surface area contributed by atoms with Gasteiger partial charge in [-0.1, -0.05) is 55.9 Å². The third-order valence-corrected chi connectivity index (χ3v) is 5.10. The van der Waals surface area contributed by atoms with E-state index in [0.717, 1.165) is 28.8 Å². The number of benzene rings is 2. The lowest BCUT2D eigenvalue weighted by atomic mass is 10.0. The molecule has 0 bridgehead atoms. The molecule has 3 N–H and O–H groups in total. The van der Waals surface area contributed by atoms with Crippen molar-refractivity contribution in [3.05, 3.63) is 89.0 Å². The largest absolute Gasteiger partial charge is 0.351 e. The van der Waals surface area contributed by atoms with E-state index in [9.17, 15) is 4.79 Å². The van der Waals surface area contributed by atoms with Crippen molar-refractivity contribution in [2.75, 3.05) is 0 Å². The summed E-state index contributed by atoms with van der Waals surface area (Å²) in [7, 11) is 0. The Morgan fingerprint density at radius 3 is 2.20 bits per heavy atom. The van der Waals surface area contributed by atoms with Crippen LogP contribution in [0.1, 0.15) is 54.1 Å². The second kappa shape index (κ2) is 11.1. The van der Waals surface area contributed by atoms with Crippen molar-refractivity contribution in [2.24, 2.45) is 5.73 Å². The number of carbonyl (C=O) groups excluding carboxylic acids is 1. The van der Waals surface area contributed by atoms with E-state index in [2.05, 4.69) is 53.0 Å².